The van der Waals surface area contributed by atoms with E-state index in [1.165, 1.54) is 0 Å². The summed E-state index contributed by atoms with van der Waals surface area (Å²) in [6, 6.07) is 10.1. The third-order valence-electron chi connectivity index (χ3n) is 4.61. The summed E-state index contributed by atoms with van der Waals surface area (Å²) in [5.41, 5.74) is 1.17. The maximum absolute atomic E-state index is 11.9. The van der Waals surface area contributed by atoms with E-state index < -0.39 is 5.60 Å². The van der Waals surface area contributed by atoms with E-state index in [9.17, 15) is 4.79 Å². The molecule has 0 saturated heterocycles. The molecular weight excluding hydrogens is 366 g/mol. The van der Waals surface area contributed by atoms with Crippen LogP contribution in [-0.2, 0) is 11.3 Å². The molecule has 1 aromatic carbocycles. The number of carbonyl (C=O) groups excluding carboxylic acids is 1. The summed E-state index contributed by atoms with van der Waals surface area (Å²) in [5, 5.41) is 18.8. The number of aliphatic imine (C=N–C) groups is 1. The number of carbonyl (C=O) groups is 1. The van der Waals surface area contributed by atoms with E-state index in [4.69, 9.17) is 10.00 Å². The number of nitrogens with one attached hydrogen (secondary N) is 3. The topological polar surface area (TPSA) is 98.5 Å². The van der Waals surface area contributed by atoms with Crippen LogP contribution in [0.3, 0.4) is 0 Å². The number of rotatable bonds is 5. The van der Waals surface area contributed by atoms with Crippen molar-refractivity contribution in [1.82, 2.24) is 16.0 Å². The van der Waals surface area contributed by atoms with Crippen LogP contribution in [0.5, 0.6) is 0 Å². The van der Waals surface area contributed by atoms with E-state index in [1.54, 1.807) is 6.07 Å². The first-order chi connectivity index (χ1) is 13.8. The van der Waals surface area contributed by atoms with Gasteiger partial charge in [0.25, 0.3) is 0 Å². The van der Waals surface area contributed by atoms with Crippen molar-refractivity contribution < 1.29 is 9.53 Å². The first kappa shape index (κ1) is 22.5. The molecule has 0 bridgehead atoms. The Labute approximate surface area is 173 Å². The fourth-order valence-corrected chi connectivity index (χ4v) is 3.28. The van der Waals surface area contributed by atoms with Gasteiger partial charge in [-0.3, -0.25) is 0 Å². The molecule has 0 spiro atoms. The van der Waals surface area contributed by atoms with Gasteiger partial charge < -0.3 is 20.7 Å². The molecule has 1 aliphatic carbocycles. The van der Waals surface area contributed by atoms with E-state index in [-0.39, 0.29) is 12.1 Å². The Morgan fingerprint density at radius 2 is 1.86 bits per heavy atom. The third-order valence-corrected chi connectivity index (χ3v) is 4.61. The van der Waals surface area contributed by atoms with Crippen molar-refractivity contribution in [3.8, 4) is 6.07 Å². The Balaban J connectivity index is 1.84. The quantitative estimate of drug-likeness (QED) is 0.520. The second kappa shape index (κ2) is 10.7. The highest BCUT2D eigenvalue weighted by Gasteiger charge is 2.25. The summed E-state index contributed by atoms with van der Waals surface area (Å²) in [6.45, 7) is 8.93. The van der Waals surface area contributed by atoms with Crippen molar-refractivity contribution >= 4 is 12.1 Å². The van der Waals surface area contributed by atoms with E-state index in [2.05, 4.69) is 27.0 Å². The van der Waals surface area contributed by atoms with E-state index in [0.717, 1.165) is 43.8 Å². The van der Waals surface area contributed by atoms with Gasteiger partial charge in [0, 0.05) is 18.6 Å². The second-order valence-electron chi connectivity index (χ2n) is 8.35. The number of hydrogen-bond acceptors (Lipinski definition) is 4. The molecular formula is C22H33N5O2. The third kappa shape index (κ3) is 8.43. The summed E-state index contributed by atoms with van der Waals surface area (Å²) in [4.78, 5) is 16.6. The van der Waals surface area contributed by atoms with Gasteiger partial charge in [-0.25, -0.2) is 9.79 Å². The molecule has 0 aliphatic heterocycles. The van der Waals surface area contributed by atoms with Gasteiger partial charge in [0.1, 0.15) is 5.60 Å². The lowest BCUT2D eigenvalue weighted by Crippen LogP contribution is -2.48. The number of nitriles is 1. The zero-order valence-corrected chi connectivity index (χ0v) is 17.9. The molecule has 0 aromatic heterocycles. The molecule has 1 aliphatic rings. The van der Waals surface area contributed by atoms with Crippen molar-refractivity contribution in [2.24, 2.45) is 4.99 Å². The Morgan fingerprint density at radius 1 is 1.21 bits per heavy atom. The van der Waals surface area contributed by atoms with E-state index in [1.807, 2.05) is 45.9 Å². The van der Waals surface area contributed by atoms with Crippen molar-refractivity contribution in [2.75, 3.05) is 6.54 Å². The normalized spacial score (nSPS) is 19.8. The molecule has 1 fully saturated rings. The molecule has 7 heteroatoms. The molecule has 1 aromatic rings. The minimum Gasteiger partial charge on any atom is -0.444 e. The van der Waals surface area contributed by atoms with Gasteiger partial charge in [-0.05, 0) is 71.1 Å². The molecule has 7 nitrogen and oxygen atoms in total. The van der Waals surface area contributed by atoms with Crippen LogP contribution in [0.1, 0.15) is 64.5 Å². The first-order valence-electron chi connectivity index (χ1n) is 10.3. The zero-order chi connectivity index (χ0) is 21.3. The Morgan fingerprint density at radius 3 is 2.45 bits per heavy atom. The predicted octanol–water partition coefficient (Wildman–Crippen LogP) is 3.45. The lowest BCUT2D eigenvalue weighted by molar-refractivity contribution is 0.0490. The van der Waals surface area contributed by atoms with E-state index >= 15 is 0 Å². The number of benzene rings is 1. The fourth-order valence-electron chi connectivity index (χ4n) is 3.28. The summed E-state index contributed by atoms with van der Waals surface area (Å²) < 4.78 is 5.34. The van der Waals surface area contributed by atoms with Crippen molar-refractivity contribution in [1.29, 1.82) is 5.26 Å². The molecule has 29 heavy (non-hydrogen) atoms. The average Bonchev–Trinajstić information content (AvgIpc) is 2.66. The maximum atomic E-state index is 11.9. The second-order valence-corrected chi connectivity index (χ2v) is 8.35. The van der Waals surface area contributed by atoms with Crippen LogP contribution in [-0.4, -0.2) is 36.3 Å². The average molecular weight is 400 g/mol. The van der Waals surface area contributed by atoms with Crippen molar-refractivity contribution in [2.45, 2.75) is 77.6 Å². The molecule has 1 amide bonds. The Kier molecular flexibility index (Phi) is 8.32. The molecule has 2 rings (SSSR count). The highest BCUT2D eigenvalue weighted by Crippen LogP contribution is 2.19. The van der Waals surface area contributed by atoms with Crippen LogP contribution in [0.15, 0.2) is 29.3 Å². The van der Waals surface area contributed by atoms with Gasteiger partial charge >= 0.3 is 6.09 Å². The van der Waals surface area contributed by atoms with Gasteiger partial charge in [0.15, 0.2) is 5.96 Å². The minimum atomic E-state index is -0.479. The van der Waals surface area contributed by atoms with Gasteiger partial charge in [-0.2, -0.15) is 5.26 Å². The first-order valence-corrected chi connectivity index (χ1v) is 10.3. The van der Waals surface area contributed by atoms with Gasteiger partial charge in [0.2, 0.25) is 0 Å². The van der Waals surface area contributed by atoms with Crippen LogP contribution in [0.4, 0.5) is 4.79 Å². The SMILES string of the molecule is CCNC(=NCc1cccc(C#N)c1)NC1CCC(NC(=O)OC(C)(C)C)CC1. The molecule has 3 N–H and O–H groups in total. The van der Waals surface area contributed by atoms with Crippen LogP contribution >= 0.6 is 0 Å². The number of amides is 1. The Bertz CT molecular complexity index is 740. The van der Waals surface area contributed by atoms with E-state index in [0.29, 0.717) is 18.2 Å². The fraction of sp³-hybridized carbons (Fsp3) is 0.591. The molecule has 1 saturated carbocycles. The molecule has 0 unspecified atom stereocenters. The molecule has 0 radical (unpaired) electrons. The van der Waals surface area contributed by atoms with Crippen LogP contribution in [0.2, 0.25) is 0 Å². The number of ether oxygens (including phenoxy) is 1. The van der Waals surface area contributed by atoms with Crippen LogP contribution < -0.4 is 16.0 Å². The lowest BCUT2D eigenvalue weighted by atomic mass is 9.91. The number of nitrogens with zero attached hydrogens (tertiary/aromatic N) is 2. The van der Waals surface area contributed by atoms with Crippen LogP contribution in [0, 0.1) is 11.3 Å². The van der Waals surface area contributed by atoms with Crippen molar-refractivity contribution in [3.05, 3.63) is 35.4 Å². The monoisotopic (exact) mass is 399 g/mol. The standard InChI is InChI=1S/C22H33N5O2/c1-5-24-20(25-15-17-8-6-7-16(13-17)14-23)26-18-9-11-19(12-10-18)27-21(28)29-22(2,3)4/h6-8,13,18-19H,5,9-12,15H2,1-4H3,(H,27,28)(H2,24,25,26). The number of hydrogen-bond donors (Lipinski definition) is 3. The molecule has 0 atom stereocenters. The summed E-state index contributed by atoms with van der Waals surface area (Å²) >= 11 is 0. The zero-order valence-electron chi connectivity index (χ0n) is 17.9. The largest absolute Gasteiger partial charge is 0.444 e. The maximum Gasteiger partial charge on any atom is 0.407 e. The summed E-state index contributed by atoms with van der Waals surface area (Å²) in [5.74, 6) is 0.776. The predicted molar refractivity (Wildman–Crippen MR) is 115 cm³/mol. The highest BCUT2D eigenvalue weighted by atomic mass is 16.6. The molecule has 158 valence electrons. The smallest absolute Gasteiger partial charge is 0.407 e. The lowest BCUT2D eigenvalue weighted by Gasteiger charge is -2.31. The number of guanidine groups is 1. The summed E-state index contributed by atoms with van der Waals surface area (Å²) in [6.07, 6.45) is 3.37. The summed E-state index contributed by atoms with van der Waals surface area (Å²) in [7, 11) is 0. The molecule has 0 heterocycles. The van der Waals surface area contributed by atoms with Gasteiger partial charge in [-0.15, -0.1) is 0 Å². The van der Waals surface area contributed by atoms with Gasteiger partial charge in [-0.1, -0.05) is 12.1 Å². The number of alkyl carbamates (subject to hydrolysis) is 1. The highest BCUT2D eigenvalue weighted by molar-refractivity contribution is 5.80. The van der Waals surface area contributed by atoms with Crippen LogP contribution in [0.25, 0.3) is 0 Å². The Hall–Kier alpha value is -2.75. The van der Waals surface area contributed by atoms with Crippen molar-refractivity contribution in [3.63, 3.8) is 0 Å². The van der Waals surface area contributed by atoms with Gasteiger partial charge in [0.05, 0.1) is 18.2 Å². The minimum absolute atomic E-state index is 0.149.